The van der Waals surface area contributed by atoms with Gasteiger partial charge in [0.1, 0.15) is 6.04 Å². The van der Waals surface area contributed by atoms with Crippen LogP contribution >= 0.6 is 0 Å². The van der Waals surface area contributed by atoms with E-state index in [2.05, 4.69) is 5.32 Å². The Morgan fingerprint density at radius 3 is 2.54 bits per heavy atom. The largest absolute Gasteiger partial charge is 0.352 e. The Morgan fingerprint density at radius 1 is 1.46 bits per heavy atom. The van der Waals surface area contributed by atoms with Gasteiger partial charge in [-0.2, -0.15) is 5.26 Å². The molecule has 66 valence electrons. The van der Waals surface area contributed by atoms with Gasteiger partial charge in [0.2, 0.25) is 0 Å². The zero-order valence-electron chi connectivity index (χ0n) is 6.90. The smallest absolute Gasteiger partial charge is 0.313 e. The first-order valence-electron chi connectivity index (χ1n) is 3.74. The molecular formula is C9H9N3O. The molecule has 0 spiro atoms. The molecule has 0 fully saturated rings. The van der Waals surface area contributed by atoms with Crippen molar-refractivity contribution in [1.29, 1.82) is 5.26 Å². The zero-order valence-corrected chi connectivity index (χ0v) is 6.90. The van der Waals surface area contributed by atoms with Crippen LogP contribution in [0.1, 0.15) is 11.6 Å². The van der Waals surface area contributed by atoms with Gasteiger partial charge < -0.3 is 11.1 Å². The number of rotatable bonds is 2. The average Bonchev–Trinajstić information content (AvgIpc) is 2.15. The highest BCUT2D eigenvalue weighted by atomic mass is 16.2. The van der Waals surface area contributed by atoms with Crippen molar-refractivity contribution in [3.63, 3.8) is 0 Å². The maximum atomic E-state index is 10.5. The third-order valence-corrected chi connectivity index (χ3v) is 1.55. The molecule has 0 heterocycles. The van der Waals surface area contributed by atoms with Gasteiger partial charge in [-0.25, -0.2) is 4.79 Å². The van der Waals surface area contributed by atoms with E-state index in [-0.39, 0.29) is 0 Å². The summed E-state index contributed by atoms with van der Waals surface area (Å²) >= 11 is 0. The second-order valence-corrected chi connectivity index (χ2v) is 2.48. The summed E-state index contributed by atoms with van der Waals surface area (Å²) in [6, 6.07) is 9.50. The van der Waals surface area contributed by atoms with Crippen LogP contribution in [0.3, 0.4) is 0 Å². The summed E-state index contributed by atoms with van der Waals surface area (Å²) in [4.78, 5) is 10.5. The Labute approximate surface area is 76.0 Å². The van der Waals surface area contributed by atoms with Gasteiger partial charge in [-0.1, -0.05) is 30.3 Å². The van der Waals surface area contributed by atoms with E-state index < -0.39 is 12.1 Å². The number of primary amides is 1. The number of hydrogen-bond acceptors (Lipinski definition) is 2. The minimum absolute atomic E-state index is 0.668. The molecule has 1 rings (SSSR count). The molecule has 1 aromatic carbocycles. The van der Waals surface area contributed by atoms with Crippen molar-refractivity contribution in [2.24, 2.45) is 5.73 Å². The molecule has 0 saturated carbocycles. The summed E-state index contributed by atoms with van der Waals surface area (Å²) in [6.07, 6.45) is 0. The summed E-state index contributed by atoms with van der Waals surface area (Å²) in [6.45, 7) is 0. The van der Waals surface area contributed by atoms with E-state index in [0.29, 0.717) is 0 Å². The van der Waals surface area contributed by atoms with Crippen LogP contribution in [0.25, 0.3) is 0 Å². The summed E-state index contributed by atoms with van der Waals surface area (Å²) in [5, 5.41) is 11.0. The molecule has 0 aliphatic rings. The van der Waals surface area contributed by atoms with Crippen LogP contribution in [-0.2, 0) is 0 Å². The normalized spacial score (nSPS) is 11.3. The van der Waals surface area contributed by atoms with Gasteiger partial charge in [-0.15, -0.1) is 0 Å². The Bertz CT molecular complexity index is 328. The number of nitrogens with two attached hydrogens (primary N) is 1. The van der Waals surface area contributed by atoms with Crippen molar-refractivity contribution >= 4 is 6.03 Å². The molecule has 0 radical (unpaired) electrons. The molecule has 0 unspecified atom stereocenters. The number of benzene rings is 1. The molecule has 0 aliphatic carbocycles. The van der Waals surface area contributed by atoms with Crippen molar-refractivity contribution < 1.29 is 4.79 Å². The topological polar surface area (TPSA) is 78.9 Å². The second-order valence-electron chi connectivity index (χ2n) is 2.48. The third-order valence-electron chi connectivity index (χ3n) is 1.55. The first-order valence-corrected chi connectivity index (χ1v) is 3.74. The molecule has 3 N–H and O–H groups in total. The highest BCUT2D eigenvalue weighted by molar-refractivity contribution is 5.72. The molecule has 0 aromatic heterocycles. The van der Waals surface area contributed by atoms with Gasteiger partial charge in [-0.3, -0.25) is 0 Å². The van der Waals surface area contributed by atoms with E-state index >= 15 is 0 Å². The van der Waals surface area contributed by atoms with Crippen molar-refractivity contribution in [2.45, 2.75) is 6.04 Å². The fourth-order valence-electron chi connectivity index (χ4n) is 0.978. The van der Waals surface area contributed by atoms with Gasteiger partial charge in [0, 0.05) is 0 Å². The molecular weight excluding hydrogens is 166 g/mol. The van der Waals surface area contributed by atoms with Crippen LogP contribution in [0.4, 0.5) is 4.79 Å². The molecule has 13 heavy (non-hydrogen) atoms. The van der Waals surface area contributed by atoms with Crippen molar-refractivity contribution in [1.82, 2.24) is 5.32 Å². The van der Waals surface area contributed by atoms with E-state index in [0.717, 1.165) is 5.56 Å². The number of carbonyl (C=O) groups excluding carboxylic acids is 1. The predicted octanol–water partition coefficient (Wildman–Crippen LogP) is 0.920. The maximum absolute atomic E-state index is 10.5. The Morgan fingerprint density at radius 2 is 2.08 bits per heavy atom. The highest BCUT2D eigenvalue weighted by Gasteiger charge is 2.10. The van der Waals surface area contributed by atoms with Crippen molar-refractivity contribution in [3.05, 3.63) is 35.9 Å². The van der Waals surface area contributed by atoms with Gasteiger partial charge in [0.05, 0.1) is 6.07 Å². The number of nitriles is 1. The van der Waals surface area contributed by atoms with Gasteiger partial charge in [0.15, 0.2) is 0 Å². The number of nitrogens with zero attached hydrogens (tertiary/aromatic N) is 1. The quantitative estimate of drug-likeness (QED) is 0.700. The fraction of sp³-hybridized carbons (Fsp3) is 0.111. The number of nitrogens with one attached hydrogen (secondary N) is 1. The lowest BCUT2D eigenvalue weighted by Gasteiger charge is -2.08. The summed E-state index contributed by atoms with van der Waals surface area (Å²) < 4.78 is 0. The number of amides is 2. The summed E-state index contributed by atoms with van der Waals surface area (Å²) in [7, 11) is 0. The van der Waals surface area contributed by atoms with E-state index in [4.69, 9.17) is 11.0 Å². The van der Waals surface area contributed by atoms with Gasteiger partial charge in [-0.05, 0) is 5.56 Å². The first-order chi connectivity index (χ1) is 6.24. The van der Waals surface area contributed by atoms with Crippen LogP contribution in [0, 0.1) is 11.3 Å². The Balaban J connectivity index is 2.80. The Hall–Kier alpha value is -2.02. The predicted molar refractivity (Wildman–Crippen MR) is 47.5 cm³/mol. The lowest BCUT2D eigenvalue weighted by Crippen LogP contribution is -2.32. The Kier molecular flexibility index (Phi) is 2.87. The van der Waals surface area contributed by atoms with Crippen LogP contribution in [0.2, 0.25) is 0 Å². The summed E-state index contributed by atoms with van der Waals surface area (Å²) in [5.41, 5.74) is 5.63. The van der Waals surface area contributed by atoms with Gasteiger partial charge in [0.25, 0.3) is 0 Å². The van der Waals surface area contributed by atoms with E-state index in [1.807, 2.05) is 12.1 Å². The minimum Gasteiger partial charge on any atom is -0.352 e. The van der Waals surface area contributed by atoms with Gasteiger partial charge >= 0.3 is 6.03 Å². The van der Waals surface area contributed by atoms with Crippen LogP contribution in [-0.4, -0.2) is 6.03 Å². The molecule has 4 nitrogen and oxygen atoms in total. The lowest BCUT2D eigenvalue weighted by molar-refractivity contribution is 0.247. The van der Waals surface area contributed by atoms with Crippen LogP contribution < -0.4 is 11.1 Å². The number of urea groups is 1. The molecule has 0 saturated heterocycles. The highest BCUT2D eigenvalue weighted by Crippen LogP contribution is 2.10. The monoisotopic (exact) mass is 175 g/mol. The maximum Gasteiger partial charge on any atom is 0.313 e. The molecule has 0 bridgehead atoms. The number of hydrogen-bond donors (Lipinski definition) is 2. The standard InChI is InChI=1S/C9H9N3O/c10-6-8(12-9(11)13)7-4-2-1-3-5-7/h1-5,8H,(H3,11,12,13)/t8-/m0/s1. The molecule has 0 aliphatic heterocycles. The molecule has 1 atom stereocenters. The van der Waals surface area contributed by atoms with E-state index in [1.165, 1.54) is 0 Å². The first kappa shape index (κ1) is 9.07. The number of carbonyl (C=O) groups is 1. The van der Waals surface area contributed by atoms with Crippen LogP contribution in [0.5, 0.6) is 0 Å². The van der Waals surface area contributed by atoms with E-state index in [9.17, 15) is 4.79 Å². The third kappa shape index (κ3) is 2.49. The minimum atomic E-state index is -0.699. The second kappa shape index (κ2) is 4.12. The van der Waals surface area contributed by atoms with Crippen molar-refractivity contribution in [2.75, 3.05) is 0 Å². The van der Waals surface area contributed by atoms with Crippen molar-refractivity contribution in [3.8, 4) is 6.07 Å². The molecule has 2 amide bonds. The van der Waals surface area contributed by atoms with Crippen LogP contribution in [0.15, 0.2) is 30.3 Å². The SMILES string of the molecule is N#C[C@H](NC(N)=O)c1ccccc1. The fourth-order valence-corrected chi connectivity index (χ4v) is 0.978. The zero-order chi connectivity index (χ0) is 9.68. The molecule has 1 aromatic rings. The lowest BCUT2D eigenvalue weighted by atomic mass is 10.1. The van der Waals surface area contributed by atoms with E-state index in [1.54, 1.807) is 24.3 Å². The molecule has 4 heteroatoms. The average molecular weight is 175 g/mol. The summed E-state index contributed by atoms with van der Waals surface area (Å²) in [5.74, 6) is 0.